The number of H-pyrrole nitrogens is 1. The van der Waals surface area contributed by atoms with Crippen LogP contribution in [0.3, 0.4) is 0 Å². The first-order chi connectivity index (χ1) is 8.38. The fraction of sp³-hybridized carbons (Fsp3) is 0.0769. The summed E-state index contributed by atoms with van der Waals surface area (Å²) in [5.74, 6) is 0. The first-order valence-corrected chi connectivity index (χ1v) is 5.27. The van der Waals surface area contributed by atoms with E-state index in [0.29, 0.717) is 6.54 Å². The Morgan fingerprint density at radius 3 is 3.12 bits per heavy atom. The van der Waals surface area contributed by atoms with Gasteiger partial charge in [0.2, 0.25) is 6.08 Å². The molecule has 0 radical (unpaired) electrons. The van der Waals surface area contributed by atoms with Gasteiger partial charge in [-0.3, -0.25) is 0 Å². The number of aromatic amines is 1. The predicted molar refractivity (Wildman–Crippen MR) is 65.4 cm³/mol. The molecule has 3 aromatic rings. The Labute approximate surface area is 97.0 Å². The summed E-state index contributed by atoms with van der Waals surface area (Å²) in [6.45, 7) is 0.367. The maximum absolute atomic E-state index is 10.1. The maximum atomic E-state index is 10.1. The number of hydrogen-bond donors (Lipinski definition) is 1. The molecule has 0 aliphatic carbocycles. The van der Waals surface area contributed by atoms with Crippen molar-refractivity contribution in [2.75, 3.05) is 0 Å². The number of aromatic nitrogens is 2. The minimum atomic E-state index is 0.367. The number of carbonyl (C=O) groups excluding carboxylic acids is 1. The van der Waals surface area contributed by atoms with Crippen molar-refractivity contribution in [2.45, 2.75) is 6.54 Å². The monoisotopic (exact) mass is 223 g/mol. The van der Waals surface area contributed by atoms with Gasteiger partial charge in [-0.1, -0.05) is 6.07 Å². The molecular formula is C13H9N3O. The van der Waals surface area contributed by atoms with Crippen LogP contribution < -0.4 is 0 Å². The third-order valence-electron chi connectivity index (χ3n) is 2.76. The Balaban J connectivity index is 2.26. The predicted octanol–water partition coefficient (Wildman–Crippen LogP) is 2.55. The average Bonchev–Trinajstić information content (AvgIpc) is 2.74. The molecule has 2 aromatic heterocycles. The van der Waals surface area contributed by atoms with Crippen molar-refractivity contribution < 1.29 is 4.79 Å². The van der Waals surface area contributed by atoms with Crippen LogP contribution >= 0.6 is 0 Å². The lowest BCUT2D eigenvalue weighted by Crippen LogP contribution is -1.80. The fourth-order valence-corrected chi connectivity index (χ4v) is 1.99. The lowest BCUT2D eigenvalue weighted by Gasteiger charge is -1.95. The highest BCUT2D eigenvalue weighted by molar-refractivity contribution is 6.05. The number of hydrogen-bond acceptors (Lipinski definition) is 3. The molecule has 0 atom stereocenters. The highest BCUT2D eigenvalue weighted by atomic mass is 16.1. The number of nitrogens with zero attached hydrogens (tertiary/aromatic N) is 2. The summed E-state index contributed by atoms with van der Waals surface area (Å²) in [6.07, 6.45) is 3.31. The molecule has 82 valence electrons. The SMILES string of the molecule is O=C=NCc1ccc2[nH]c3ncccc3c2c1. The van der Waals surface area contributed by atoms with Gasteiger partial charge in [-0.2, -0.15) is 0 Å². The van der Waals surface area contributed by atoms with Crippen LogP contribution in [0.25, 0.3) is 21.9 Å². The molecule has 17 heavy (non-hydrogen) atoms. The molecule has 1 aromatic carbocycles. The van der Waals surface area contributed by atoms with E-state index in [1.165, 1.54) is 0 Å². The van der Waals surface area contributed by atoms with Gasteiger partial charge in [-0.05, 0) is 29.8 Å². The summed E-state index contributed by atoms with van der Waals surface area (Å²) in [6, 6.07) is 9.88. The summed E-state index contributed by atoms with van der Waals surface area (Å²) in [4.78, 5) is 21.2. The Bertz CT molecular complexity index is 739. The van der Waals surface area contributed by atoms with E-state index in [1.54, 1.807) is 12.3 Å². The van der Waals surface area contributed by atoms with Crippen molar-refractivity contribution in [1.82, 2.24) is 9.97 Å². The molecule has 4 nitrogen and oxygen atoms in total. The lowest BCUT2D eigenvalue weighted by atomic mass is 10.1. The van der Waals surface area contributed by atoms with E-state index >= 15 is 0 Å². The molecule has 2 heterocycles. The van der Waals surface area contributed by atoms with E-state index < -0.39 is 0 Å². The molecule has 0 aliphatic rings. The van der Waals surface area contributed by atoms with E-state index in [4.69, 9.17) is 0 Å². The van der Waals surface area contributed by atoms with Crippen LogP contribution in [0.15, 0.2) is 41.5 Å². The molecule has 3 rings (SSSR count). The quantitative estimate of drug-likeness (QED) is 0.536. The molecular weight excluding hydrogens is 214 g/mol. The van der Waals surface area contributed by atoms with Crippen molar-refractivity contribution in [3.8, 4) is 0 Å². The van der Waals surface area contributed by atoms with Crippen molar-refractivity contribution in [1.29, 1.82) is 0 Å². The lowest BCUT2D eigenvalue weighted by molar-refractivity contribution is 0.563. The van der Waals surface area contributed by atoms with Crippen LogP contribution in [0.5, 0.6) is 0 Å². The van der Waals surface area contributed by atoms with Crippen LogP contribution in [-0.2, 0) is 11.3 Å². The highest BCUT2D eigenvalue weighted by Gasteiger charge is 2.04. The van der Waals surface area contributed by atoms with E-state index in [2.05, 4.69) is 15.0 Å². The molecule has 0 bridgehead atoms. The van der Waals surface area contributed by atoms with E-state index in [9.17, 15) is 4.79 Å². The Hall–Kier alpha value is -2.45. The standard InChI is InChI=1S/C13H9N3O/c17-8-14-7-9-3-4-12-11(6-9)10-2-1-5-15-13(10)16-12/h1-6H,7H2,(H,15,16). The van der Waals surface area contributed by atoms with Crippen LogP contribution in [0, 0.1) is 0 Å². The van der Waals surface area contributed by atoms with Crippen LogP contribution in [0.1, 0.15) is 5.56 Å². The zero-order valence-electron chi connectivity index (χ0n) is 8.97. The van der Waals surface area contributed by atoms with E-state index in [1.807, 2.05) is 30.3 Å². The van der Waals surface area contributed by atoms with Crippen molar-refractivity contribution in [2.24, 2.45) is 4.99 Å². The van der Waals surface area contributed by atoms with Gasteiger partial charge in [0.25, 0.3) is 0 Å². The second kappa shape index (κ2) is 3.85. The van der Waals surface area contributed by atoms with Crippen LogP contribution in [0.4, 0.5) is 0 Å². The minimum absolute atomic E-state index is 0.367. The van der Waals surface area contributed by atoms with Gasteiger partial charge in [-0.15, -0.1) is 0 Å². The summed E-state index contributed by atoms with van der Waals surface area (Å²) in [5, 5.41) is 2.19. The molecule has 0 amide bonds. The molecule has 0 saturated heterocycles. The van der Waals surface area contributed by atoms with Crippen LogP contribution in [-0.4, -0.2) is 16.0 Å². The number of rotatable bonds is 2. The molecule has 0 saturated carbocycles. The topological polar surface area (TPSA) is 58.1 Å². The smallest absolute Gasteiger partial charge is 0.235 e. The Kier molecular flexibility index (Phi) is 2.21. The van der Waals surface area contributed by atoms with Gasteiger partial charge in [0.05, 0.1) is 6.54 Å². The third kappa shape index (κ3) is 1.61. The van der Waals surface area contributed by atoms with Gasteiger partial charge in [-0.25, -0.2) is 14.8 Å². The number of fused-ring (bicyclic) bond motifs is 3. The first-order valence-electron chi connectivity index (χ1n) is 5.27. The van der Waals surface area contributed by atoms with Gasteiger partial charge in [0.1, 0.15) is 5.65 Å². The summed E-state index contributed by atoms with van der Waals surface area (Å²) in [5.41, 5.74) is 2.90. The fourth-order valence-electron chi connectivity index (χ4n) is 1.99. The van der Waals surface area contributed by atoms with E-state index in [0.717, 1.165) is 27.5 Å². The van der Waals surface area contributed by atoms with Gasteiger partial charge < -0.3 is 4.98 Å². The van der Waals surface area contributed by atoms with Gasteiger partial charge in [0, 0.05) is 22.5 Å². The molecule has 0 spiro atoms. The largest absolute Gasteiger partial charge is 0.339 e. The molecule has 0 fully saturated rings. The molecule has 4 heteroatoms. The van der Waals surface area contributed by atoms with Crippen molar-refractivity contribution >= 4 is 28.0 Å². The number of nitrogens with one attached hydrogen (secondary N) is 1. The number of aliphatic imine (C=N–C) groups is 1. The summed E-state index contributed by atoms with van der Waals surface area (Å²) >= 11 is 0. The van der Waals surface area contributed by atoms with Crippen molar-refractivity contribution in [3.63, 3.8) is 0 Å². The average molecular weight is 223 g/mol. The Morgan fingerprint density at radius 1 is 1.29 bits per heavy atom. The molecule has 1 N–H and O–H groups in total. The van der Waals surface area contributed by atoms with Crippen LogP contribution in [0.2, 0.25) is 0 Å². The van der Waals surface area contributed by atoms with Gasteiger partial charge >= 0.3 is 0 Å². The Morgan fingerprint density at radius 2 is 2.24 bits per heavy atom. The summed E-state index contributed by atoms with van der Waals surface area (Å²) in [7, 11) is 0. The first kappa shape index (κ1) is 9.75. The second-order valence-electron chi connectivity index (χ2n) is 3.81. The third-order valence-corrected chi connectivity index (χ3v) is 2.76. The van der Waals surface area contributed by atoms with Gasteiger partial charge in [0.15, 0.2) is 0 Å². The maximum Gasteiger partial charge on any atom is 0.235 e. The normalized spacial score (nSPS) is 10.6. The summed E-state index contributed by atoms with van der Waals surface area (Å²) < 4.78 is 0. The number of isocyanates is 1. The highest BCUT2D eigenvalue weighted by Crippen LogP contribution is 2.24. The second-order valence-corrected chi connectivity index (χ2v) is 3.81. The van der Waals surface area contributed by atoms with E-state index in [-0.39, 0.29) is 0 Å². The minimum Gasteiger partial charge on any atom is -0.339 e. The number of benzene rings is 1. The molecule has 0 unspecified atom stereocenters. The number of pyridine rings is 1. The van der Waals surface area contributed by atoms with Crippen molar-refractivity contribution in [3.05, 3.63) is 42.1 Å². The zero-order chi connectivity index (χ0) is 11.7. The zero-order valence-corrected chi connectivity index (χ0v) is 8.97. The molecule has 0 aliphatic heterocycles.